The molecule has 0 saturated carbocycles. The van der Waals surface area contributed by atoms with Crippen LogP contribution in [0.1, 0.15) is 42.5 Å². The average molecular weight is 588 g/mol. The van der Waals surface area contributed by atoms with Gasteiger partial charge in [0.15, 0.2) is 0 Å². The summed E-state index contributed by atoms with van der Waals surface area (Å²) in [6.07, 6.45) is 0.466. The number of carbonyl (C=O) groups excluding carboxylic acids is 3. The number of carbonyl (C=O) groups is 3. The van der Waals surface area contributed by atoms with E-state index in [0.717, 1.165) is 33.4 Å². The number of nitrogens with two attached hydrogens (primary N) is 1. The molecule has 1 atom stereocenters. The van der Waals surface area contributed by atoms with Crippen LogP contribution in [0.4, 0.5) is 4.79 Å². The Balaban J connectivity index is 1.53. The molecule has 10 nitrogen and oxygen atoms in total. The van der Waals surface area contributed by atoms with Crippen molar-refractivity contribution in [3.8, 4) is 16.9 Å². The molecular formula is C33H41N5O5. The third kappa shape index (κ3) is 8.79. The van der Waals surface area contributed by atoms with Crippen molar-refractivity contribution in [3.05, 3.63) is 89.0 Å². The van der Waals surface area contributed by atoms with E-state index in [9.17, 15) is 14.4 Å². The molecule has 6 N–H and O–H groups in total. The van der Waals surface area contributed by atoms with Crippen LogP contribution in [-0.4, -0.2) is 59.7 Å². The highest BCUT2D eigenvalue weighted by Gasteiger charge is 2.32. The van der Waals surface area contributed by atoms with Gasteiger partial charge in [0.2, 0.25) is 11.8 Å². The monoisotopic (exact) mass is 587 g/mol. The number of nitrogens with zero attached hydrogens (tertiary/aromatic N) is 1. The van der Waals surface area contributed by atoms with E-state index in [1.54, 1.807) is 25.9 Å². The van der Waals surface area contributed by atoms with E-state index in [1.807, 2.05) is 66.7 Å². The summed E-state index contributed by atoms with van der Waals surface area (Å²) >= 11 is 0. The Morgan fingerprint density at radius 2 is 1.79 bits per heavy atom. The highest BCUT2D eigenvalue weighted by Crippen LogP contribution is 2.27. The Labute approximate surface area is 252 Å². The van der Waals surface area contributed by atoms with Crippen molar-refractivity contribution in [1.82, 2.24) is 20.9 Å². The molecule has 0 aliphatic carbocycles. The molecule has 0 spiro atoms. The lowest BCUT2D eigenvalue weighted by atomic mass is 9.98. The number of methoxy groups -OCH3 is 1. The van der Waals surface area contributed by atoms with Crippen LogP contribution in [0, 0.1) is 0 Å². The third-order valence-corrected chi connectivity index (χ3v) is 7.25. The summed E-state index contributed by atoms with van der Waals surface area (Å²) in [6.45, 7) is 4.73. The maximum Gasteiger partial charge on any atom is 0.315 e. The zero-order valence-electron chi connectivity index (χ0n) is 25.0. The number of hydrogen-bond acceptors (Lipinski definition) is 6. The molecule has 3 aromatic rings. The highest BCUT2D eigenvalue weighted by atomic mass is 16.5. The van der Waals surface area contributed by atoms with Crippen molar-refractivity contribution in [2.24, 2.45) is 5.73 Å². The van der Waals surface area contributed by atoms with E-state index < -0.39 is 11.6 Å². The fourth-order valence-electron chi connectivity index (χ4n) is 5.16. The maximum absolute atomic E-state index is 13.8. The highest BCUT2D eigenvalue weighted by molar-refractivity contribution is 5.89. The van der Waals surface area contributed by atoms with E-state index >= 15 is 0 Å². The van der Waals surface area contributed by atoms with Crippen molar-refractivity contribution < 1.29 is 24.2 Å². The fraction of sp³-hybridized carbons (Fsp3) is 0.364. The van der Waals surface area contributed by atoms with Crippen molar-refractivity contribution in [2.75, 3.05) is 20.3 Å². The van der Waals surface area contributed by atoms with E-state index in [2.05, 4.69) is 16.0 Å². The number of nitrogens with one attached hydrogen (secondary N) is 3. The Morgan fingerprint density at radius 3 is 2.49 bits per heavy atom. The minimum Gasteiger partial charge on any atom is -0.497 e. The molecule has 4 rings (SSSR count). The summed E-state index contributed by atoms with van der Waals surface area (Å²) in [4.78, 5) is 40.3. The summed E-state index contributed by atoms with van der Waals surface area (Å²) in [6, 6.07) is 20.5. The second kappa shape index (κ2) is 14.2. The van der Waals surface area contributed by atoms with Gasteiger partial charge in [0.25, 0.3) is 0 Å². The van der Waals surface area contributed by atoms with Crippen molar-refractivity contribution in [3.63, 3.8) is 0 Å². The van der Waals surface area contributed by atoms with E-state index in [1.165, 1.54) is 0 Å². The van der Waals surface area contributed by atoms with Crippen molar-refractivity contribution in [1.29, 1.82) is 0 Å². The van der Waals surface area contributed by atoms with Gasteiger partial charge < -0.3 is 36.4 Å². The number of amides is 4. The second-order valence-corrected chi connectivity index (χ2v) is 11.5. The van der Waals surface area contributed by atoms with E-state index in [0.29, 0.717) is 31.8 Å². The number of fused-ring (bicyclic) bond motifs is 1. The van der Waals surface area contributed by atoms with Gasteiger partial charge in [0.05, 0.1) is 13.7 Å². The van der Waals surface area contributed by atoms with E-state index in [4.69, 9.17) is 15.6 Å². The number of aliphatic hydroxyl groups excluding tert-OH is 1. The molecule has 0 radical (unpaired) electrons. The Hall–Kier alpha value is -4.41. The zero-order chi connectivity index (χ0) is 31.0. The third-order valence-electron chi connectivity index (χ3n) is 7.25. The number of ether oxygens (including phenoxy) is 1. The molecule has 43 heavy (non-hydrogen) atoms. The zero-order valence-corrected chi connectivity index (χ0v) is 25.0. The Bertz CT molecular complexity index is 1430. The first kappa shape index (κ1) is 31.5. The number of urea groups is 1. The molecule has 10 heteroatoms. The molecule has 1 heterocycles. The molecule has 0 aromatic heterocycles. The van der Waals surface area contributed by atoms with Crippen LogP contribution in [0.25, 0.3) is 11.1 Å². The van der Waals surface area contributed by atoms with Crippen LogP contribution in [0.3, 0.4) is 0 Å². The van der Waals surface area contributed by atoms with Gasteiger partial charge in [-0.05, 0) is 59.4 Å². The van der Waals surface area contributed by atoms with Gasteiger partial charge in [-0.25, -0.2) is 4.79 Å². The van der Waals surface area contributed by atoms with Crippen LogP contribution in [0.5, 0.6) is 5.75 Å². The number of hydrogen-bond donors (Lipinski definition) is 5. The van der Waals surface area contributed by atoms with Gasteiger partial charge in [0, 0.05) is 44.6 Å². The molecule has 0 bridgehead atoms. The maximum atomic E-state index is 13.8. The average Bonchev–Trinajstić information content (AvgIpc) is 3.10. The molecule has 228 valence electrons. The molecule has 0 saturated heterocycles. The smallest absolute Gasteiger partial charge is 0.315 e. The number of aliphatic hydroxyl groups is 1. The molecule has 1 aliphatic heterocycles. The van der Waals surface area contributed by atoms with Gasteiger partial charge in [-0.1, -0.05) is 54.6 Å². The normalized spacial score (nSPS) is 14.9. The number of rotatable bonds is 11. The predicted molar refractivity (Wildman–Crippen MR) is 165 cm³/mol. The summed E-state index contributed by atoms with van der Waals surface area (Å²) in [5.74, 6) is 0.281. The number of benzene rings is 3. The summed E-state index contributed by atoms with van der Waals surface area (Å²) in [5, 5.41) is 17.2. The van der Waals surface area contributed by atoms with Gasteiger partial charge in [-0.3, -0.25) is 9.59 Å². The second-order valence-electron chi connectivity index (χ2n) is 11.5. The lowest BCUT2D eigenvalue weighted by Crippen LogP contribution is -2.50. The lowest BCUT2D eigenvalue weighted by molar-refractivity contribution is -0.137. The topological polar surface area (TPSA) is 146 Å². The molecule has 3 aromatic carbocycles. The first-order valence-corrected chi connectivity index (χ1v) is 14.4. The van der Waals surface area contributed by atoms with Crippen molar-refractivity contribution in [2.45, 2.75) is 57.9 Å². The lowest BCUT2D eigenvalue weighted by Gasteiger charge is -2.26. The first-order valence-electron chi connectivity index (χ1n) is 14.4. The van der Waals surface area contributed by atoms with Crippen LogP contribution in [0.2, 0.25) is 0 Å². The van der Waals surface area contributed by atoms with Gasteiger partial charge in [-0.15, -0.1) is 0 Å². The van der Waals surface area contributed by atoms with E-state index in [-0.39, 0.29) is 37.4 Å². The largest absolute Gasteiger partial charge is 0.497 e. The van der Waals surface area contributed by atoms with Gasteiger partial charge >= 0.3 is 6.03 Å². The standard InChI is InChI=1S/C33H41N5O5/c1-33(2,34)18-30(40)37-29-17-26-16-27(43-3)13-12-25(26)21-38(31(29)41)20-22-8-10-23(11-9-22)28-7-5-4-6-24(28)19-36-32(42)35-14-15-39/h4-13,16,29,39H,14-15,17-21,34H2,1-3H3,(H,37,40)(H2,35,36,42)/t29-/m1/s1. The Morgan fingerprint density at radius 1 is 1.05 bits per heavy atom. The summed E-state index contributed by atoms with van der Waals surface area (Å²) in [5.41, 5.74) is 11.2. The van der Waals surface area contributed by atoms with Crippen LogP contribution >= 0.6 is 0 Å². The first-order chi connectivity index (χ1) is 20.6. The minimum absolute atomic E-state index is 0.105. The molecule has 4 amide bonds. The van der Waals surface area contributed by atoms with Crippen LogP contribution in [0.15, 0.2) is 66.7 Å². The fourth-order valence-corrected chi connectivity index (χ4v) is 5.16. The molecule has 0 fully saturated rings. The van der Waals surface area contributed by atoms with Gasteiger partial charge in [-0.2, -0.15) is 0 Å². The quantitative estimate of drug-likeness (QED) is 0.233. The molecular weight excluding hydrogens is 546 g/mol. The molecule has 1 aliphatic rings. The predicted octanol–water partition coefficient (Wildman–Crippen LogP) is 2.85. The van der Waals surface area contributed by atoms with Crippen LogP contribution in [-0.2, 0) is 35.6 Å². The SMILES string of the molecule is COc1ccc2c(c1)C[C@@H](NC(=O)CC(C)(C)N)C(=O)N(Cc1ccc(-c3ccccc3CNC(=O)NCCO)cc1)C2. The molecule has 0 unspecified atom stereocenters. The minimum atomic E-state index is -0.726. The van der Waals surface area contributed by atoms with Crippen LogP contribution < -0.4 is 26.4 Å². The van der Waals surface area contributed by atoms with Gasteiger partial charge in [0.1, 0.15) is 11.8 Å². The summed E-state index contributed by atoms with van der Waals surface area (Å²) in [7, 11) is 1.60. The Kier molecular flexibility index (Phi) is 10.4. The van der Waals surface area contributed by atoms with Crippen molar-refractivity contribution >= 4 is 17.8 Å². The summed E-state index contributed by atoms with van der Waals surface area (Å²) < 4.78 is 5.42.